The van der Waals surface area contributed by atoms with Crippen LogP contribution in [0.3, 0.4) is 0 Å². The Morgan fingerprint density at radius 2 is 1.92 bits per heavy atom. The molecular formula is C11H9BrO. The first-order valence-corrected chi connectivity index (χ1v) is 4.66. The number of carbonyl (C=O) groups is 1. The molecule has 0 radical (unpaired) electrons. The Morgan fingerprint density at radius 1 is 1.23 bits per heavy atom. The molecule has 0 aliphatic heterocycles. The fraction of sp³-hybridized carbons (Fsp3) is 0. The van der Waals surface area contributed by atoms with Crippen molar-refractivity contribution in [3.63, 3.8) is 0 Å². The number of aldehydes is 1. The van der Waals surface area contributed by atoms with Gasteiger partial charge in [0.25, 0.3) is 0 Å². The van der Waals surface area contributed by atoms with Gasteiger partial charge in [0.1, 0.15) is 6.29 Å². The van der Waals surface area contributed by atoms with E-state index in [2.05, 4.69) is 15.9 Å². The summed E-state index contributed by atoms with van der Waals surface area (Å²) in [5.74, 6) is 0. The van der Waals surface area contributed by atoms with E-state index in [1.807, 2.05) is 42.5 Å². The van der Waals surface area contributed by atoms with Crippen LogP contribution in [0.1, 0.15) is 5.56 Å². The second kappa shape index (κ2) is 5.49. The fourth-order valence-electron chi connectivity index (χ4n) is 0.861. The number of benzene rings is 1. The Labute approximate surface area is 85.9 Å². The minimum Gasteiger partial charge on any atom is -0.299 e. The van der Waals surface area contributed by atoms with E-state index in [4.69, 9.17) is 0 Å². The van der Waals surface area contributed by atoms with Gasteiger partial charge in [-0.15, -0.1) is 0 Å². The normalized spacial score (nSPS) is 11.9. The molecule has 1 aromatic carbocycles. The van der Waals surface area contributed by atoms with Crippen molar-refractivity contribution in [2.75, 3.05) is 0 Å². The van der Waals surface area contributed by atoms with Crippen LogP contribution in [0.15, 0.2) is 47.0 Å². The summed E-state index contributed by atoms with van der Waals surface area (Å²) in [6, 6.07) is 9.90. The first-order valence-electron chi connectivity index (χ1n) is 3.87. The maximum Gasteiger partial charge on any atom is 0.143 e. The van der Waals surface area contributed by atoms with Gasteiger partial charge < -0.3 is 0 Å². The van der Waals surface area contributed by atoms with Crippen LogP contribution in [0.25, 0.3) is 6.08 Å². The van der Waals surface area contributed by atoms with Crippen molar-refractivity contribution in [1.82, 2.24) is 0 Å². The summed E-state index contributed by atoms with van der Waals surface area (Å²) in [7, 11) is 0. The lowest BCUT2D eigenvalue weighted by Crippen LogP contribution is -1.69. The summed E-state index contributed by atoms with van der Waals surface area (Å²) in [6.45, 7) is 0. The summed E-state index contributed by atoms with van der Waals surface area (Å²) in [6.07, 6.45) is 5.98. The van der Waals surface area contributed by atoms with Crippen LogP contribution in [0, 0.1) is 0 Å². The highest BCUT2D eigenvalue weighted by atomic mass is 79.9. The minimum atomic E-state index is 0.749. The third kappa shape index (κ3) is 3.85. The largest absolute Gasteiger partial charge is 0.299 e. The SMILES string of the molecule is O=C/C=C(Br)/C=C/c1ccccc1. The number of halogens is 1. The molecule has 0 aliphatic rings. The maximum atomic E-state index is 10.1. The fourth-order valence-corrected chi connectivity index (χ4v) is 1.10. The van der Waals surface area contributed by atoms with Crippen molar-refractivity contribution >= 4 is 28.3 Å². The second-order valence-electron chi connectivity index (χ2n) is 2.43. The van der Waals surface area contributed by atoms with Gasteiger partial charge in [-0.25, -0.2) is 0 Å². The van der Waals surface area contributed by atoms with Gasteiger partial charge in [0.05, 0.1) is 0 Å². The van der Waals surface area contributed by atoms with Gasteiger partial charge in [0.2, 0.25) is 0 Å². The zero-order valence-electron chi connectivity index (χ0n) is 6.98. The van der Waals surface area contributed by atoms with E-state index in [1.165, 1.54) is 6.08 Å². The van der Waals surface area contributed by atoms with Crippen LogP contribution in [-0.4, -0.2) is 6.29 Å². The molecule has 1 nitrogen and oxygen atoms in total. The molecule has 0 bridgehead atoms. The Balaban J connectivity index is 2.69. The van der Waals surface area contributed by atoms with Crippen molar-refractivity contribution in [2.45, 2.75) is 0 Å². The molecule has 0 atom stereocenters. The van der Waals surface area contributed by atoms with E-state index in [1.54, 1.807) is 0 Å². The van der Waals surface area contributed by atoms with Crippen LogP contribution < -0.4 is 0 Å². The number of hydrogen-bond acceptors (Lipinski definition) is 1. The lowest BCUT2D eigenvalue weighted by molar-refractivity contribution is -0.104. The van der Waals surface area contributed by atoms with Crippen LogP contribution in [-0.2, 0) is 4.79 Å². The Bertz CT molecular complexity index is 325. The van der Waals surface area contributed by atoms with Crippen molar-refractivity contribution in [3.05, 3.63) is 52.5 Å². The topological polar surface area (TPSA) is 17.1 Å². The number of hydrogen-bond donors (Lipinski definition) is 0. The van der Waals surface area contributed by atoms with Gasteiger partial charge >= 0.3 is 0 Å². The van der Waals surface area contributed by atoms with E-state index in [-0.39, 0.29) is 0 Å². The first kappa shape index (κ1) is 9.93. The zero-order chi connectivity index (χ0) is 9.52. The van der Waals surface area contributed by atoms with Gasteiger partial charge in [-0.2, -0.15) is 0 Å². The lowest BCUT2D eigenvalue weighted by atomic mass is 10.2. The van der Waals surface area contributed by atoms with Crippen LogP contribution in [0.2, 0.25) is 0 Å². The van der Waals surface area contributed by atoms with Crippen LogP contribution in [0.4, 0.5) is 0 Å². The minimum absolute atomic E-state index is 0.749. The van der Waals surface area contributed by atoms with Gasteiger partial charge in [0.15, 0.2) is 0 Å². The molecule has 1 aromatic rings. The third-order valence-electron chi connectivity index (χ3n) is 1.46. The van der Waals surface area contributed by atoms with Crippen LogP contribution >= 0.6 is 15.9 Å². The van der Waals surface area contributed by atoms with Crippen molar-refractivity contribution < 1.29 is 4.79 Å². The summed E-state index contributed by atoms with van der Waals surface area (Å²) < 4.78 is 0.770. The standard InChI is InChI=1S/C11H9BrO/c12-11(8-9-13)7-6-10-4-2-1-3-5-10/h1-9H/b7-6+,11-8-. The number of allylic oxidation sites excluding steroid dienone is 3. The maximum absolute atomic E-state index is 10.1. The van der Waals surface area contributed by atoms with Gasteiger partial charge in [0, 0.05) is 4.48 Å². The highest BCUT2D eigenvalue weighted by Gasteiger charge is 1.84. The molecule has 0 unspecified atom stereocenters. The van der Waals surface area contributed by atoms with E-state index in [9.17, 15) is 4.79 Å². The molecule has 2 heteroatoms. The molecule has 0 heterocycles. The van der Waals surface area contributed by atoms with E-state index < -0.39 is 0 Å². The summed E-state index contributed by atoms with van der Waals surface area (Å²) in [4.78, 5) is 10.1. The average Bonchev–Trinajstić information content (AvgIpc) is 2.17. The van der Waals surface area contributed by atoms with E-state index >= 15 is 0 Å². The summed E-state index contributed by atoms with van der Waals surface area (Å²) in [5.41, 5.74) is 1.11. The summed E-state index contributed by atoms with van der Waals surface area (Å²) in [5, 5.41) is 0. The molecular weight excluding hydrogens is 228 g/mol. The monoisotopic (exact) mass is 236 g/mol. The van der Waals surface area contributed by atoms with Crippen molar-refractivity contribution in [1.29, 1.82) is 0 Å². The molecule has 0 aliphatic carbocycles. The predicted molar refractivity (Wildman–Crippen MR) is 58.6 cm³/mol. The van der Waals surface area contributed by atoms with E-state index in [0.717, 1.165) is 16.3 Å². The van der Waals surface area contributed by atoms with Crippen molar-refractivity contribution in [3.8, 4) is 0 Å². The zero-order valence-corrected chi connectivity index (χ0v) is 8.57. The molecule has 0 saturated heterocycles. The molecule has 1 rings (SSSR count). The highest BCUT2D eigenvalue weighted by Crippen LogP contribution is 2.09. The smallest absolute Gasteiger partial charge is 0.143 e. The summed E-state index contributed by atoms with van der Waals surface area (Å²) >= 11 is 3.24. The molecule has 66 valence electrons. The molecule has 13 heavy (non-hydrogen) atoms. The van der Waals surface area contributed by atoms with Gasteiger partial charge in [-0.1, -0.05) is 52.3 Å². The van der Waals surface area contributed by atoms with Crippen LogP contribution in [0.5, 0.6) is 0 Å². The first-order chi connectivity index (χ1) is 6.33. The van der Waals surface area contributed by atoms with Gasteiger partial charge in [-0.05, 0) is 17.7 Å². The van der Waals surface area contributed by atoms with E-state index in [0.29, 0.717) is 0 Å². The van der Waals surface area contributed by atoms with Crippen molar-refractivity contribution in [2.24, 2.45) is 0 Å². The molecule has 0 N–H and O–H groups in total. The molecule has 0 amide bonds. The average molecular weight is 237 g/mol. The Kier molecular flexibility index (Phi) is 4.19. The number of carbonyl (C=O) groups excluding carboxylic acids is 1. The second-order valence-corrected chi connectivity index (χ2v) is 3.35. The quantitative estimate of drug-likeness (QED) is 0.448. The lowest BCUT2D eigenvalue weighted by Gasteiger charge is -1.90. The molecule has 0 spiro atoms. The predicted octanol–water partition coefficient (Wildman–Crippen LogP) is 3.18. The highest BCUT2D eigenvalue weighted by molar-refractivity contribution is 9.11. The molecule has 0 aromatic heterocycles. The molecule has 0 fully saturated rings. The Hall–Kier alpha value is -1.15. The third-order valence-corrected chi connectivity index (χ3v) is 1.99. The van der Waals surface area contributed by atoms with Gasteiger partial charge in [-0.3, -0.25) is 4.79 Å². The number of rotatable bonds is 3. The Morgan fingerprint density at radius 3 is 2.54 bits per heavy atom. The molecule has 0 saturated carbocycles.